The predicted octanol–water partition coefficient (Wildman–Crippen LogP) is 2.74. The SMILES string of the molecule is O=C1CC(N(Cc2cccnc2)S(=O)(=O)c2ccc(F)cc2)C(=O)N1c1ccccc1. The Labute approximate surface area is 178 Å². The summed E-state index contributed by atoms with van der Waals surface area (Å²) < 4.78 is 41.2. The minimum atomic E-state index is -4.22. The summed E-state index contributed by atoms with van der Waals surface area (Å²) in [6.07, 6.45) is 2.74. The topological polar surface area (TPSA) is 87.6 Å². The van der Waals surface area contributed by atoms with Crippen LogP contribution >= 0.6 is 0 Å². The number of carbonyl (C=O) groups excluding carboxylic acids is 2. The lowest BCUT2D eigenvalue weighted by molar-refractivity contribution is -0.122. The maximum Gasteiger partial charge on any atom is 0.252 e. The maximum absolute atomic E-state index is 13.4. The molecule has 1 atom stereocenters. The van der Waals surface area contributed by atoms with Crippen LogP contribution in [0.15, 0.2) is 84.0 Å². The molecule has 0 radical (unpaired) electrons. The minimum Gasteiger partial charge on any atom is -0.274 e. The number of benzene rings is 2. The highest BCUT2D eigenvalue weighted by atomic mass is 32.2. The van der Waals surface area contributed by atoms with Crippen LogP contribution in [0.2, 0.25) is 0 Å². The van der Waals surface area contributed by atoms with Gasteiger partial charge >= 0.3 is 0 Å². The van der Waals surface area contributed by atoms with Crippen LogP contribution in [0.5, 0.6) is 0 Å². The van der Waals surface area contributed by atoms with Gasteiger partial charge < -0.3 is 0 Å². The van der Waals surface area contributed by atoms with Crippen LogP contribution in [0.3, 0.4) is 0 Å². The zero-order valence-corrected chi connectivity index (χ0v) is 17.1. The average Bonchev–Trinajstić information content (AvgIpc) is 3.07. The fraction of sp³-hybridized carbons (Fsp3) is 0.136. The second kappa shape index (κ2) is 8.37. The van der Waals surface area contributed by atoms with Crippen molar-refractivity contribution in [3.05, 3.63) is 90.5 Å². The third-order valence-corrected chi connectivity index (χ3v) is 6.84. The van der Waals surface area contributed by atoms with E-state index in [-0.39, 0.29) is 17.9 Å². The molecule has 1 aliphatic heterocycles. The van der Waals surface area contributed by atoms with Crippen molar-refractivity contribution in [3.63, 3.8) is 0 Å². The molecule has 1 fully saturated rings. The summed E-state index contributed by atoms with van der Waals surface area (Å²) in [5, 5.41) is 0. The number of hydrogen-bond acceptors (Lipinski definition) is 5. The van der Waals surface area contributed by atoms with Crippen molar-refractivity contribution in [2.24, 2.45) is 0 Å². The Morgan fingerprint density at radius 3 is 2.35 bits per heavy atom. The van der Waals surface area contributed by atoms with E-state index < -0.39 is 33.7 Å². The Kier molecular flexibility index (Phi) is 5.62. The van der Waals surface area contributed by atoms with Crippen molar-refractivity contribution in [3.8, 4) is 0 Å². The van der Waals surface area contributed by atoms with Crippen LogP contribution in [-0.2, 0) is 26.2 Å². The molecule has 31 heavy (non-hydrogen) atoms. The van der Waals surface area contributed by atoms with E-state index in [1.807, 2.05) is 0 Å². The number of hydrogen-bond donors (Lipinski definition) is 0. The van der Waals surface area contributed by atoms with E-state index in [1.165, 1.54) is 6.20 Å². The molecule has 0 saturated carbocycles. The van der Waals surface area contributed by atoms with Gasteiger partial charge in [-0.15, -0.1) is 0 Å². The van der Waals surface area contributed by atoms with Gasteiger partial charge in [0.1, 0.15) is 11.9 Å². The van der Waals surface area contributed by atoms with Gasteiger partial charge in [-0.05, 0) is 48.0 Å². The zero-order valence-electron chi connectivity index (χ0n) is 16.3. The number of pyridine rings is 1. The van der Waals surface area contributed by atoms with Crippen molar-refractivity contribution < 1.29 is 22.4 Å². The number of anilines is 1. The number of aromatic nitrogens is 1. The van der Waals surface area contributed by atoms with Crippen LogP contribution in [0.1, 0.15) is 12.0 Å². The van der Waals surface area contributed by atoms with Crippen LogP contribution in [0, 0.1) is 5.82 Å². The van der Waals surface area contributed by atoms with Crippen molar-refractivity contribution >= 4 is 27.5 Å². The Morgan fingerprint density at radius 2 is 1.71 bits per heavy atom. The van der Waals surface area contributed by atoms with Gasteiger partial charge in [-0.2, -0.15) is 4.31 Å². The van der Waals surface area contributed by atoms with Gasteiger partial charge in [-0.3, -0.25) is 14.6 Å². The summed E-state index contributed by atoms with van der Waals surface area (Å²) in [7, 11) is -4.22. The molecule has 0 bridgehead atoms. The second-order valence-corrected chi connectivity index (χ2v) is 8.88. The van der Waals surface area contributed by atoms with E-state index in [0.717, 1.165) is 33.5 Å². The van der Waals surface area contributed by atoms with Crippen LogP contribution < -0.4 is 4.90 Å². The molecule has 2 aromatic carbocycles. The largest absolute Gasteiger partial charge is 0.274 e. The monoisotopic (exact) mass is 439 g/mol. The fourth-order valence-electron chi connectivity index (χ4n) is 3.47. The highest BCUT2D eigenvalue weighted by Crippen LogP contribution is 2.30. The first kappa shape index (κ1) is 20.8. The number of imide groups is 1. The van der Waals surface area contributed by atoms with Crippen molar-refractivity contribution in [2.45, 2.75) is 23.9 Å². The minimum absolute atomic E-state index is 0.167. The van der Waals surface area contributed by atoms with E-state index in [1.54, 1.807) is 48.7 Å². The number of amides is 2. The van der Waals surface area contributed by atoms with E-state index in [9.17, 15) is 22.4 Å². The van der Waals surface area contributed by atoms with Crippen molar-refractivity contribution in [1.82, 2.24) is 9.29 Å². The molecule has 1 saturated heterocycles. The third kappa shape index (κ3) is 4.10. The lowest BCUT2D eigenvalue weighted by Gasteiger charge is -2.27. The predicted molar refractivity (Wildman–Crippen MR) is 111 cm³/mol. The van der Waals surface area contributed by atoms with Gasteiger partial charge in [-0.25, -0.2) is 17.7 Å². The molecule has 1 aromatic heterocycles. The second-order valence-electron chi connectivity index (χ2n) is 6.99. The summed E-state index contributed by atoms with van der Waals surface area (Å²) in [5.41, 5.74) is 0.923. The van der Waals surface area contributed by atoms with Gasteiger partial charge in [0.05, 0.1) is 17.0 Å². The molecule has 158 valence electrons. The summed E-state index contributed by atoms with van der Waals surface area (Å²) in [4.78, 5) is 30.7. The molecule has 2 heterocycles. The summed E-state index contributed by atoms with van der Waals surface area (Å²) >= 11 is 0. The molecule has 0 aliphatic carbocycles. The fourth-order valence-corrected chi connectivity index (χ4v) is 5.04. The summed E-state index contributed by atoms with van der Waals surface area (Å²) in [6, 6.07) is 14.8. The number of nitrogens with zero attached hydrogens (tertiary/aromatic N) is 3. The van der Waals surface area contributed by atoms with E-state index in [0.29, 0.717) is 11.3 Å². The number of carbonyl (C=O) groups is 2. The van der Waals surface area contributed by atoms with Gasteiger partial charge in [0.2, 0.25) is 15.9 Å². The van der Waals surface area contributed by atoms with E-state index in [4.69, 9.17) is 0 Å². The molecule has 4 rings (SSSR count). The van der Waals surface area contributed by atoms with Gasteiger partial charge in [-0.1, -0.05) is 24.3 Å². The quantitative estimate of drug-likeness (QED) is 0.551. The van der Waals surface area contributed by atoms with Crippen LogP contribution in [-0.4, -0.2) is 35.6 Å². The zero-order chi connectivity index (χ0) is 22.0. The average molecular weight is 439 g/mol. The molecular weight excluding hydrogens is 421 g/mol. The Balaban J connectivity index is 1.75. The van der Waals surface area contributed by atoms with Crippen molar-refractivity contribution in [2.75, 3.05) is 4.90 Å². The highest BCUT2D eigenvalue weighted by molar-refractivity contribution is 7.89. The number of para-hydroxylation sites is 1. The van der Waals surface area contributed by atoms with Gasteiger partial charge in [0.15, 0.2) is 0 Å². The molecular formula is C22H18FN3O4S. The molecule has 2 amide bonds. The van der Waals surface area contributed by atoms with E-state index >= 15 is 0 Å². The Bertz CT molecular complexity index is 1200. The molecule has 9 heteroatoms. The first-order valence-electron chi connectivity index (χ1n) is 9.46. The molecule has 7 nitrogen and oxygen atoms in total. The smallest absolute Gasteiger partial charge is 0.252 e. The Hall–Kier alpha value is -3.43. The Morgan fingerprint density at radius 1 is 1.00 bits per heavy atom. The molecule has 1 unspecified atom stereocenters. The maximum atomic E-state index is 13.4. The van der Waals surface area contributed by atoms with E-state index in [2.05, 4.69) is 4.98 Å². The lowest BCUT2D eigenvalue weighted by Crippen LogP contribution is -2.45. The highest BCUT2D eigenvalue weighted by Gasteiger charge is 2.46. The van der Waals surface area contributed by atoms with Gasteiger partial charge in [0, 0.05) is 18.9 Å². The lowest BCUT2D eigenvalue weighted by atomic mass is 10.2. The summed E-state index contributed by atoms with van der Waals surface area (Å²) in [5.74, 6) is -1.71. The number of sulfonamides is 1. The van der Waals surface area contributed by atoms with Crippen molar-refractivity contribution in [1.29, 1.82) is 0 Å². The first-order valence-corrected chi connectivity index (χ1v) is 10.9. The third-order valence-electron chi connectivity index (χ3n) is 4.97. The molecule has 0 N–H and O–H groups in total. The molecule has 1 aliphatic rings. The van der Waals surface area contributed by atoms with Gasteiger partial charge in [0.25, 0.3) is 5.91 Å². The molecule has 3 aromatic rings. The first-order chi connectivity index (χ1) is 14.9. The number of rotatable bonds is 6. The standard InChI is InChI=1S/C22H18FN3O4S/c23-17-8-10-19(11-9-17)31(29,30)25(15-16-5-4-12-24-14-16)20-13-21(27)26(22(20)28)18-6-2-1-3-7-18/h1-12,14,20H,13,15H2. The van der Waals surface area contributed by atoms with Crippen LogP contribution in [0.4, 0.5) is 10.1 Å². The van der Waals surface area contributed by atoms with Crippen LogP contribution in [0.25, 0.3) is 0 Å². The normalized spacial score (nSPS) is 16.8. The summed E-state index contributed by atoms with van der Waals surface area (Å²) in [6.45, 7) is -0.167. The number of halogens is 1. The molecule has 0 spiro atoms.